The van der Waals surface area contributed by atoms with Crippen molar-refractivity contribution in [2.75, 3.05) is 20.1 Å². The Hall–Kier alpha value is -0.0800. The summed E-state index contributed by atoms with van der Waals surface area (Å²) < 4.78 is 0. The normalized spacial score (nSPS) is 38.4. The molecule has 1 saturated heterocycles. The maximum absolute atomic E-state index is 3.42. The van der Waals surface area contributed by atoms with E-state index < -0.39 is 0 Å². The van der Waals surface area contributed by atoms with Gasteiger partial charge < -0.3 is 5.32 Å². The zero-order valence-corrected chi connectivity index (χ0v) is 10.3. The highest BCUT2D eigenvalue weighted by molar-refractivity contribution is 4.89. The lowest BCUT2D eigenvalue weighted by molar-refractivity contribution is 0.123. The largest absolute Gasteiger partial charge is 0.316 e. The van der Waals surface area contributed by atoms with Crippen molar-refractivity contribution in [2.45, 2.75) is 57.5 Å². The maximum atomic E-state index is 3.42. The third kappa shape index (κ3) is 2.54. The zero-order valence-electron chi connectivity index (χ0n) is 10.3. The molecule has 0 radical (unpaired) electrons. The Bertz CT molecular complexity index is 193. The quantitative estimate of drug-likeness (QED) is 0.768. The highest BCUT2D eigenvalue weighted by Gasteiger charge is 2.32. The van der Waals surface area contributed by atoms with Crippen molar-refractivity contribution in [3.8, 4) is 0 Å². The Kier molecular flexibility index (Phi) is 4.04. The van der Waals surface area contributed by atoms with Crippen LogP contribution in [0.25, 0.3) is 0 Å². The summed E-state index contributed by atoms with van der Waals surface area (Å²) in [5, 5.41) is 3.42. The van der Waals surface area contributed by atoms with Crippen molar-refractivity contribution in [2.24, 2.45) is 5.92 Å². The van der Waals surface area contributed by atoms with Crippen molar-refractivity contribution in [3.63, 3.8) is 0 Å². The molecule has 1 aliphatic carbocycles. The fourth-order valence-electron chi connectivity index (χ4n) is 3.47. The van der Waals surface area contributed by atoms with Gasteiger partial charge in [0.05, 0.1) is 0 Å². The third-order valence-corrected chi connectivity index (χ3v) is 4.49. The van der Waals surface area contributed by atoms with E-state index in [1.807, 2.05) is 0 Å². The minimum Gasteiger partial charge on any atom is -0.316 e. The van der Waals surface area contributed by atoms with E-state index >= 15 is 0 Å². The predicted molar refractivity (Wildman–Crippen MR) is 65.1 cm³/mol. The molecule has 2 aliphatic rings. The minimum absolute atomic E-state index is 0.754. The van der Waals surface area contributed by atoms with Gasteiger partial charge in [0, 0.05) is 25.2 Å². The fraction of sp³-hybridized carbons (Fsp3) is 1.00. The van der Waals surface area contributed by atoms with Gasteiger partial charge in [0.25, 0.3) is 0 Å². The van der Waals surface area contributed by atoms with Crippen molar-refractivity contribution in [1.82, 2.24) is 10.2 Å². The molecule has 3 atom stereocenters. The SMILES string of the molecule is CCC1CCCCC1N1CCC(NC)C1. The zero-order chi connectivity index (χ0) is 10.7. The van der Waals surface area contributed by atoms with E-state index in [0.717, 1.165) is 18.0 Å². The van der Waals surface area contributed by atoms with Gasteiger partial charge in [0.15, 0.2) is 0 Å². The van der Waals surface area contributed by atoms with Crippen LogP contribution < -0.4 is 5.32 Å². The van der Waals surface area contributed by atoms with Crippen LogP contribution in [0.15, 0.2) is 0 Å². The van der Waals surface area contributed by atoms with E-state index in [-0.39, 0.29) is 0 Å². The summed E-state index contributed by atoms with van der Waals surface area (Å²) in [5.41, 5.74) is 0. The van der Waals surface area contributed by atoms with E-state index in [4.69, 9.17) is 0 Å². The topological polar surface area (TPSA) is 15.3 Å². The summed E-state index contributed by atoms with van der Waals surface area (Å²) in [6.45, 7) is 4.99. The molecule has 0 aromatic rings. The lowest BCUT2D eigenvalue weighted by atomic mass is 9.82. The Morgan fingerprint density at radius 1 is 1.20 bits per heavy atom. The van der Waals surface area contributed by atoms with Crippen LogP contribution in [0.4, 0.5) is 0 Å². The first kappa shape index (κ1) is 11.4. The molecule has 1 heterocycles. The molecule has 2 nitrogen and oxygen atoms in total. The molecule has 0 amide bonds. The molecule has 2 fully saturated rings. The number of nitrogens with one attached hydrogen (secondary N) is 1. The molecule has 2 rings (SSSR count). The second-order valence-electron chi connectivity index (χ2n) is 5.29. The Labute approximate surface area is 94.4 Å². The van der Waals surface area contributed by atoms with Gasteiger partial charge in [-0.2, -0.15) is 0 Å². The highest BCUT2D eigenvalue weighted by atomic mass is 15.2. The molecule has 0 aromatic carbocycles. The lowest BCUT2D eigenvalue weighted by Crippen LogP contribution is -2.42. The number of rotatable bonds is 3. The second-order valence-corrected chi connectivity index (χ2v) is 5.29. The molecule has 2 heteroatoms. The van der Waals surface area contributed by atoms with E-state index in [1.165, 1.54) is 51.6 Å². The van der Waals surface area contributed by atoms with Crippen LogP contribution in [0.5, 0.6) is 0 Å². The summed E-state index contributed by atoms with van der Waals surface area (Å²) in [6, 6.07) is 1.66. The van der Waals surface area contributed by atoms with Crippen LogP contribution in [0.2, 0.25) is 0 Å². The second kappa shape index (κ2) is 5.31. The van der Waals surface area contributed by atoms with Crippen LogP contribution in [-0.4, -0.2) is 37.1 Å². The maximum Gasteiger partial charge on any atom is 0.0204 e. The molecule has 15 heavy (non-hydrogen) atoms. The number of nitrogens with zero attached hydrogens (tertiary/aromatic N) is 1. The van der Waals surface area contributed by atoms with Gasteiger partial charge in [0.1, 0.15) is 0 Å². The summed E-state index contributed by atoms with van der Waals surface area (Å²) >= 11 is 0. The first-order valence-corrected chi connectivity index (χ1v) is 6.76. The summed E-state index contributed by atoms with van der Waals surface area (Å²) in [5.74, 6) is 0.981. The number of likely N-dealkylation sites (N-methyl/N-ethyl adjacent to an activating group) is 1. The number of hydrogen-bond donors (Lipinski definition) is 1. The van der Waals surface area contributed by atoms with Gasteiger partial charge in [-0.3, -0.25) is 4.90 Å². The predicted octanol–water partition coefficient (Wildman–Crippen LogP) is 2.25. The number of hydrogen-bond acceptors (Lipinski definition) is 2. The van der Waals surface area contributed by atoms with Crippen molar-refractivity contribution < 1.29 is 0 Å². The smallest absolute Gasteiger partial charge is 0.0204 e. The summed E-state index contributed by atoms with van der Waals surface area (Å²) in [4.78, 5) is 2.76. The molecule has 0 bridgehead atoms. The molecular formula is C13H26N2. The molecule has 3 unspecified atom stereocenters. The number of likely N-dealkylation sites (tertiary alicyclic amines) is 1. The van der Waals surface area contributed by atoms with E-state index in [1.54, 1.807) is 0 Å². The lowest BCUT2D eigenvalue weighted by Gasteiger charge is -2.37. The third-order valence-electron chi connectivity index (χ3n) is 4.49. The van der Waals surface area contributed by atoms with Gasteiger partial charge in [-0.25, -0.2) is 0 Å². The van der Waals surface area contributed by atoms with E-state index in [9.17, 15) is 0 Å². The minimum atomic E-state index is 0.754. The Balaban J connectivity index is 1.90. The molecule has 88 valence electrons. The van der Waals surface area contributed by atoms with Crippen LogP contribution in [0.1, 0.15) is 45.4 Å². The Morgan fingerprint density at radius 3 is 2.67 bits per heavy atom. The van der Waals surface area contributed by atoms with E-state index in [0.29, 0.717) is 0 Å². The summed E-state index contributed by atoms with van der Waals surface area (Å²) in [6.07, 6.45) is 8.59. The highest BCUT2D eigenvalue weighted by Crippen LogP contribution is 2.32. The summed E-state index contributed by atoms with van der Waals surface area (Å²) in [7, 11) is 2.10. The standard InChI is InChI=1S/C13H26N2/c1-3-11-6-4-5-7-13(11)15-9-8-12(10-15)14-2/h11-14H,3-10H2,1-2H3. The van der Waals surface area contributed by atoms with Crippen LogP contribution in [0, 0.1) is 5.92 Å². The van der Waals surface area contributed by atoms with Crippen molar-refractivity contribution in [3.05, 3.63) is 0 Å². The van der Waals surface area contributed by atoms with Crippen LogP contribution in [0.3, 0.4) is 0 Å². The van der Waals surface area contributed by atoms with Crippen LogP contribution >= 0.6 is 0 Å². The average molecular weight is 210 g/mol. The van der Waals surface area contributed by atoms with Gasteiger partial charge in [-0.05, 0) is 32.2 Å². The fourth-order valence-corrected chi connectivity index (χ4v) is 3.47. The van der Waals surface area contributed by atoms with Gasteiger partial charge in [-0.15, -0.1) is 0 Å². The molecule has 1 N–H and O–H groups in total. The van der Waals surface area contributed by atoms with E-state index in [2.05, 4.69) is 24.2 Å². The molecule has 0 spiro atoms. The van der Waals surface area contributed by atoms with Crippen LogP contribution in [-0.2, 0) is 0 Å². The first-order valence-electron chi connectivity index (χ1n) is 6.76. The molecule has 1 aliphatic heterocycles. The molecule has 0 aromatic heterocycles. The van der Waals surface area contributed by atoms with Gasteiger partial charge in [0.2, 0.25) is 0 Å². The molecule has 1 saturated carbocycles. The monoisotopic (exact) mass is 210 g/mol. The van der Waals surface area contributed by atoms with Crippen molar-refractivity contribution >= 4 is 0 Å². The van der Waals surface area contributed by atoms with Crippen molar-refractivity contribution in [1.29, 1.82) is 0 Å². The Morgan fingerprint density at radius 2 is 2.00 bits per heavy atom. The first-order chi connectivity index (χ1) is 7.35. The van der Waals surface area contributed by atoms with Gasteiger partial charge >= 0.3 is 0 Å². The van der Waals surface area contributed by atoms with Gasteiger partial charge in [-0.1, -0.05) is 26.2 Å². The average Bonchev–Trinajstić information content (AvgIpc) is 2.77. The molecular weight excluding hydrogens is 184 g/mol.